The molecular formula is C12H17NO5S2. The second-order valence-electron chi connectivity index (χ2n) is 4.05. The molecule has 0 fully saturated rings. The molecule has 20 heavy (non-hydrogen) atoms. The summed E-state index contributed by atoms with van der Waals surface area (Å²) in [5.74, 6) is -0.779. The third-order valence-electron chi connectivity index (χ3n) is 2.46. The molecule has 0 radical (unpaired) electrons. The number of hydrogen-bond acceptors (Lipinski definition) is 5. The lowest BCUT2D eigenvalue weighted by Gasteiger charge is -2.11. The fourth-order valence-corrected chi connectivity index (χ4v) is 2.74. The molecule has 0 saturated heterocycles. The lowest BCUT2D eigenvalue weighted by atomic mass is 10.3. The molecule has 0 bridgehead atoms. The lowest BCUT2D eigenvalue weighted by Crippen LogP contribution is -2.29. The molecule has 0 aliphatic heterocycles. The number of hydrogen-bond donors (Lipinski definition) is 2. The Morgan fingerprint density at radius 3 is 2.50 bits per heavy atom. The van der Waals surface area contributed by atoms with E-state index < -0.39 is 22.6 Å². The Hall–Kier alpha value is -1.25. The number of nitrogens with one attached hydrogen (secondary N) is 1. The number of ether oxygens (including phenoxy) is 1. The summed E-state index contributed by atoms with van der Waals surface area (Å²) in [6.45, 7) is 1.81. The van der Waals surface area contributed by atoms with E-state index in [0.717, 1.165) is 0 Å². The first kappa shape index (κ1) is 16.8. The van der Waals surface area contributed by atoms with Crippen molar-refractivity contribution in [2.24, 2.45) is 0 Å². The standard InChI is InChI=1S/C12H17NO5S2/c1-9(19-2)7-13-20(16,17)11-5-3-10(4-6-11)18-8-12(14)15/h3-6,9,13H,7-8H2,1-2H3,(H,14,15). The van der Waals surface area contributed by atoms with Crippen LogP contribution in [0.4, 0.5) is 0 Å². The molecule has 112 valence electrons. The Kier molecular flexibility index (Phi) is 6.31. The predicted octanol–water partition coefficient (Wildman–Crippen LogP) is 1.18. The van der Waals surface area contributed by atoms with Gasteiger partial charge >= 0.3 is 5.97 Å². The molecule has 2 N–H and O–H groups in total. The summed E-state index contributed by atoms with van der Waals surface area (Å²) in [4.78, 5) is 10.5. The zero-order valence-corrected chi connectivity index (χ0v) is 12.8. The predicted molar refractivity (Wildman–Crippen MR) is 77.7 cm³/mol. The SMILES string of the molecule is CSC(C)CNS(=O)(=O)c1ccc(OCC(=O)O)cc1. The first-order valence-electron chi connectivity index (χ1n) is 5.82. The van der Waals surface area contributed by atoms with Gasteiger partial charge in [0.15, 0.2) is 6.61 Å². The van der Waals surface area contributed by atoms with Crippen LogP contribution < -0.4 is 9.46 Å². The molecule has 1 atom stereocenters. The van der Waals surface area contributed by atoms with Crippen molar-refractivity contribution >= 4 is 27.8 Å². The van der Waals surface area contributed by atoms with Crippen LogP contribution in [0.3, 0.4) is 0 Å². The molecule has 0 saturated carbocycles. The summed E-state index contributed by atoms with van der Waals surface area (Å²) in [5.41, 5.74) is 0. The molecule has 1 aromatic carbocycles. The molecule has 8 heteroatoms. The van der Waals surface area contributed by atoms with Crippen LogP contribution in [-0.4, -0.2) is 44.2 Å². The van der Waals surface area contributed by atoms with Gasteiger partial charge in [0.25, 0.3) is 0 Å². The van der Waals surface area contributed by atoms with Crippen molar-refractivity contribution in [2.75, 3.05) is 19.4 Å². The average Bonchev–Trinajstić information content (AvgIpc) is 2.43. The molecule has 0 aliphatic carbocycles. The van der Waals surface area contributed by atoms with Gasteiger partial charge in [-0.1, -0.05) is 6.92 Å². The first-order valence-corrected chi connectivity index (χ1v) is 8.59. The summed E-state index contributed by atoms with van der Waals surface area (Å²) in [7, 11) is -3.55. The minimum Gasteiger partial charge on any atom is -0.482 e. The number of benzene rings is 1. The quantitative estimate of drug-likeness (QED) is 0.747. The van der Waals surface area contributed by atoms with Crippen LogP contribution in [0.15, 0.2) is 29.2 Å². The Morgan fingerprint density at radius 2 is 2.00 bits per heavy atom. The molecule has 1 aromatic rings. The highest BCUT2D eigenvalue weighted by molar-refractivity contribution is 7.99. The number of rotatable bonds is 8. The smallest absolute Gasteiger partial charge is 0.341 e. The molecule has 0 amide bonds. The normalized spacial score (nSPS) is 12.9. The Bertz CT molecular complexity index is 541. The van der Waals surface area contributed by atoms with E-state index in [9.17, 15) is 13.2 Å². The maximum atomic E-state index is 12.0. The van der Waals surface area contributed by atoms with Gasteiger partial charge in [-0.05, 0) is 30.5 Å². The van der Waals surface area contributed by atoms with E-state index in [1.165, 1.54) is 24.3 Å². The largest absolute Gasteiger partial charge is 0.482 e. The van der Waals surface area contributed by atoms with Gasteiger partial charge in [-0.15, -0.1) is 0 Å². The summed E-state index contributed by atoms with van der Waals surface area (Å²) < 4.78 is 31.4. The van der Waals surface area contributed by atoms with E-state index in [0.29, 0.717) is 12.3 Å². The average molecular weight is 319 g/mol. The molecule has 1 unspecified atom stereocenters. The summed E-state index contributed by atoms with van der Waals surface area (Å²) in [6, 6.07) is 5.61. The van der Waals surface area contributed by atoms with Crippen LogP contribution in [-0.2, 0) is 14.8 Å². The third kappa shape index (κ3) is 5.40. The van der Waals surface area contributed by atoms with Crippen molar-refractivity contribution in [3.63, 3.8) is 0 Å². The molecule has 1 rings (SSSR count). The molecule has 0 heterocycles. The van der Waals surface area contributed by atoms with Gasteiger partial charge in [0, 0.05) is 11.8 Å². The molecule has 0 aromatic heterocycles. The fraction of sp³-hybridized carbons (Fsp3) is 0.417. The first-order chi connectivity index (χ1) is 9.35. The van der Waals surface area contributed by atoms with E-state index in [-0.39, 0.29) is 10.1 Å². The molecule has 6 nitrogen and oxygen atoms in total. The van der Waals surface area contributed by atoms with Crippen molar-refractivity contribution in [3.05, 3.63) is 24.3 Å². The van der Waals surface area contributed by atoms with Gasteiger partial charge in [0.05, 0.1) is 4.90 Å². The van der Waals surface area contributed by atoms with E-state index >= 15 is 0 Å². The summed E-state index contributed by atoms with van der Waals surface area (Å²) >= 11 is 1.57. The maximum Gasteiger partial charge on any atom is 0.341 e. The Balaban J connectivity index is 2.69. The molecule has 0 spiro atoms. The third-order valence-corrected chi connectivity index (χ3v) is 4.87. The number of aliphatic carboxylic acids is 1. The van der Waals surface area contributed by atoms with Crippen molar-refractivity contribution in [1.29, 1.82) is 0 Å². The summed E-state index contributed by atoms with van der Waals surface area (Å²) in [5, 5.41) is 8.65. The van der Waals surface area contributed by atoms with Crippen LogP contribution in [0.1, 0.15) is 6.92 Å². The Morgan fingerprint density at radius 1 is 1.40 bits per heavy atom. The zero-order valence-electron chi connectivity index (χ0n) is 11.2. The van der Waals surface area contributed by atoms with Crippen LogP contribution in [0.2, 0.25) is 0 Å². The van der Waals surface area contributed by atoms with Gasteiger partial charge in [-0.3, -0.25) is 0 Å². The van der Waals surface area contributed by atoms with Crippen LogP contribution in [0.25, 0.3) is 0 Å². The number of sulfonamides is 1. The Labute approximate surface area is 122 Å². The van der Waals surface area contributed by atoms with Gasteiger partial charge in [0.2, 0.25) is 10.0 Å². The molecular weight excluding hydrogens is 302 g/mol. The number of carboxylic acids is 1. The van der Waals surface area contributed by atoms with Crippen LogP contribution in [0.5, 0.6) is 5.75 Å². The number of carboxylic acid groups (broad SMARTS) is 1. The second kappa shape index (κ2) is 7.51. The topological polar surface area (TPSA) is 92.7 Å². The van der Waals surface area contributed by atoms with E-state index in [1.807, 2.05) is 13.2 Å². The minimum absolute atomic E-state index is 0.119. The molecule has 0 aliphatic rings. The number of carbonyl (C=O) groups is 1. The zero-order chi connectivity index (χ0) is 15.2. The monoisotopic (exact) mass is 319 g/mol. The lowest BCUT2D eigenvalue weighted by molar-refractivity contribution is -0.139. The van der Waals surface area contributed by atoms with E-state index in [4.69, 9.17) is 9.84 Å². The highest BCUT2D eigenvalue weighted by Gasteiger charge is 2.14. The van der Waals surface area contributed by atoms with Crippen LogP contribution in [0, 0.1) is 0 Å². The highest BCUT2D eigenvalue weighted by Crippen LogP contribution is 2.16. The maximum absolute atomic E-state index is 12.0. The second-order valence-corrected chi connectivity index (χ2v) is 7.10. The van der Waals surface area contributed by atoms with Gasteiger partial charge in [-0.2, -0.15) is 11.8 Å². The highest BCUT2D eigenvalue weighted by atomic mass is 32.2. The van der Waals surface area contributed by atoms with Crippen molar-refractivity contribution < 1.29 is 23.1 Å². The number of thioether (sulfide) groups is 1. The van der Waals surface area contributed by atoms with Crippen molar-refractivity contribution in [1.82, 2.24) is 4.72 Å². The van der Waals surface area contributed by atoms with Gasteiger partial charge in [0.1, 0.15) is 5.75 Å². The van der Waals surface area contributed by atoms with Crippen LogP contribution >= 0.6 is 11.8 Å². The van der Waals surface area contributed by atoms with Gasteiger partial charge < -0.3 is 9.84 Å². The minimum atomic E-state index is -3.55. The van der Waals surface area contributed by atoms with E-state index in [2.05, 4.69) is 4.72 Å². The summed E-state index contributed by atoms with van der Waals surface area (Å²) in [6.07, 6.45) is 1.91. The fourth-order valence-electron chi connectivity index (χ4n) is 1.25. The van der Waals surface area contributed by atoms with Crippen molar-refractivity contribution in [3.8, 4) is 5.75 Å². The van der Waals surface area contributed by atoms with Crippen molar-refractivity contribution in [2.45, 2.75) is 17.1 Å². The van der Waals surface area contributed by atoms with E-state index in [1.54, 1.807) is 11.8 Å². The van der Waals surface area contributed by atoms with Gasteiger partial charge in [-0.25, -0.2) is 17.9 Å².